The fourth-order valence-electron chi connectivity index (χ4n) is 4.56. The summed E-state index contributed by atoms with van der Waals surface area (Å²) in [5.41, 5.74) is -1.67. The number of benzene rings is 1. The zero-order chi connectivity index (χ0) is 27.5. The van der Waals surface area contributed by atoms with Gasteiger partial charge >= 0.3 is 59.1 Å². The van der Waals surface area contributed by atoms with Crippen LogP contribution in [0.2, 0.25) is 0 Å². The molecule has 3 aliphatic heterocycles. The number of carboxylic acid groups (broad SMARTS) is 2. The minimum Gasteiger partial charge on any atom is -0.545 e. The van der Waals surface area contributed by atoms with Crippen molar-refractivity contribution in [3.05, 3.63) is 40.3 Å². The van der Waals surface area contributed by atoms with Gasteiger partial charge in [-0.2, -0.15) is 0 Å². The van der Waals surface area contributed by atoms with Crippen LogP contribution in [0, 0.1) is 11.8 Å². The van der Waals surface area contributed by atoms with Gasteiger partial charge in [-0.25, -0.2) is 0 Å². The van der Waals surface area contributed by atoms with Crippen LogP contribution in [0.15, 0.2) is 34.8 Å². The third-order valence-electron chi connectivity index (χ3n) is 6.08. The van der Waals surface area contributed by atoms with Crippen molar-refractivity contribution >= 4 is 41.2 Å². The number of aliphatic hydroxyl groups excluding tert-OH is 1. The van der Waals surface area contributed by atoms with Gasteiger partial charge in [0.2, 0.25) is 11.8 Å². The number of nitrogens with one attached hydrogen (secondary N) is 2. The number of hydrogen-bond donors (Lipinski definition) is 3. The molecule has 0 spiro atoms. The number of rotatable bonds is 7. The molecule has 2 fully saturated rings. The van der Waals surface area contributed by atoms with E-state index in [0.29, 0.717) is 4.91 Å². The van der Waals surface area contributed by atoms with Crippen LogP contribution in [0.5, 0.6) is 0 Å². The predicted molar refractivity (Wildman–Crippen MR) is 114 cm³/mol. The van der Waals surface area contributed by atoms with Gasteiger partial charge in [0, 0.05) is 28.3 Å². The van der Waals surface area contributed by atoms with E-state index in [9.17, 15) is 34.5 Å². The van der Waals surface area contributed by atoms with E-state index in [2.05, 4.69) is 10.6 Å². The number of aromatic carboxylic acids is 1. The van der Waals surface area contributed by atoms with Crippen LogP contribution in [0.25, 0.3) is 0 Å². The monoisotopic (exact) mass is 523 g/mol. The summed E-state index contributed by atoms with van der Waals surface area (Å²) in [6, 6.07) is -4.46. The maximum atomic E-state index is 12.9. The summed E-state index contributed by atoms with van der Waals surface area (Å²) in [4.78, 5) is 50.1. The van der Waals surface area contributed by atoms with Gasteiger partial charge in [-0.3, -0.25) is 9.59 Å². The number of amides is 2. The molecule has 1 aromatic carbocycles. The number of β-lactam (4-membered cyclic amide) rings is 1. The van der Waals surface area contributed by atoms with Crippen molar-refractivity contribution in [3.8, 4) is 0 Å². The molecule has 0 radical (unpaired) electrons. The number of anilines is 1. The third-order valence-corrected chi connectivity index (χ3v) is 7.59. The van der Waals surface area contributed by atoms with E-state index in [1.54, 1.807) is 6.92 Å². The Balaban J connectivity index is 0.00000267. The van der Waals surface area contributed by atoms with Crippen molar-refractivity contribution < 1.29 is 99.1 Å². The molecule has 2 saturated heterocycles. The van der Waals surface area contributed by atoms with E-state index in [0.717, 1.165) is 4.90 Å². The summed E-state index contributed by atoms with van der Waals surface area (Å²) in [5, 5.41) is 38.1. The second-order valence-electron chi connectivity index (χ2n) is 8.22. The second kappa shape index (κ2) is 12.1. The van der Waals surface area contributed by atoms with Crippen LogP contribution in [0.3, 0.4) is 0 Å². The average molecular weight is 524 g/mol. The first-order valence-corrected chi connectivity index (χ1v) is 11.1. The SMILES string of the molecule is [2H]c1c([2H])c(NC(=O)[C@@H]2C[C@H](SC3=C(C(=O)[O-])N4C(=O)[C@H]([C@@H](C)O)[C@H]4[C@H]3C)CN2)c([2H])c(C(=O)[O-])c1[2H].[Na+].[Na+]. The molecule has 0 unspecified atom stereocenters. The number of aliphatic hydroxyl groups is 1. The zero-order valence-electron chi connectivity index (χ0n) is 23.6. The smallest absolute Gasteiger partial charge is 0.545 e. The normalized spacial score (nSPS) is 29.4. The van der Waals surface area contributed by atoms with Crippen molar-refractivity contribution in [2.45, 2.75) is 43.7 Å². The van der Waals surface area contributed by atoms with Crippen molar-refractivity contribution in [2.75, 3.05) is 11.9 Å². The molecule has 10 nitrogen and oxygen atoms in total. The number of carbonyl (C=O) groups is 4. The van der Waals surface area contributed by atoms with Crippen LogP contribution in [-0.4, -0.2) is 63.7 Å². The molecule has 6 atom stereocenters. The number of fused-ring (bicyclic) bond motifs is 1. The van der Waals surface area contributed by atoms with Gasteiger partial charge < -0.3 is 40.4 Å². The fraction of sp³-hybridized carbons (Fsp3) is 0.455. The van der Waals surface area contributed by atoms with E-state index in [-0.39, 0.29) is 88.9 Å². The Hall–Kier alpha value is -0.890. The third kappa shape index (κ3) is 5.83. The number of hydrogen-bond acceptors (Lipinski definition) is 9. The molecule has 176 valence electrons. The largest absolute Gasteiger partial charge is 1.00 e. The van der Waals surface area contributed by atoms with Crippen molar-refractivity contribution in [1.82, 2.24) is 10.2 Å². The molecule has 0 saturated carbocycles. The Morgan fingerprint density at radius 2 is 1.97 bits per heavy atom. The molecule has 3 N–H and O–H groups in total. The molecule has 3 heterocycles. The van der Waals surface area contributed by atoms with Gasteiger partial charge in [0.15, 0.2) is 0 Å². The maximum Gasteiger partial charge on any atom is 1.00 e. The van der Waals surface area contributed by atoms with Gasteiger partial charge in [0.1, 0.15) is 0 Å². The summed E-state index contributed by atoms with van der Waals surface area (Å²) >= 11 is 1.19. The molecule has 1 aromatic rings. The molecule has 0 bridgehead atoms. The number of carbonyl (C=O) groups excluding carboxylic acids is 4. The first-order chi connectivity index (χ1) is 17.3. The van der Waals surface area contributed by atoms with E-state index in [4.69, 9.17) is 5.48 Å². The molecular formula is C22H23N3Na2O7S. The topological polar surface area (TPSA) is 162 Å². The van der Waals surface area contributed by atoms with Gasteiger partial charge in [-0.15, -0.1) is 11.8 Å². The summed E-state index contributed by atoms with van der Waals surface area (Å²) in [6.07, 6.45) is -0.747. The minimum atomic E-state index is -1.88. The zero-order valence-corrected chi connectivity index (χ0v) is 24.4. The maximum absolute atomic E-state index is 12.9. The summed E-state index contributed by atoms with van der Waals surface area (Å²) in [6.45, 7) is 3.51. The Morgan fingerprint density at radius 3 is 2.57 bits per heavy atom. The minimum absolute atomic E-state index is 0. The van der Waals surface area contributed by atoms with Crippen LogP contribution >= 0.6 is 11.8 Å². The molecule has 13 heteroatoms. The van der Waals surface area contributed by atoms with E-state index < -0.39 is 83.3 Å². The molecular weight excluding hydrogens is 496 g/mol. The van der Waals surface area contributed by atoms with E-state index in [1.165, 1.54) is 18.7 Å². The molecule has 2 amide bonds. The molecule has 0 aliphatic carbocycles. The average Bonchev–Trinajstić information content (AvgIpc) is 3.37. The first kappa shape index (κ1) is 24.4. The Bertz CT molecular complexity index is 1270. The Kier molecular flexibility index (Phi) is 8.45. The van der Waals surface area contributed by atoms with Crippen LogP contribution in [-0.2, 0) is 14.4 Å². The number of thioether (sulfide) groups is 1. The van der Waals surface area contributed by atoms with Crippen molar-refractivity contribution in [3.63, 3.8) is 0 Å². The van der Waals surface area contributed by atoms with Gasteiger partial charge in [0.05, 0.1) is 47.2 Å². The summed E-state index contributed by atoms with van der Waals surface area (Å²) in [7, 11) is 0. The molecule has 3 aliphatic rings. The Morgan fingerprint density at radius 1 is 1.29 bits per heavy atom. The molecule has 4 rings (SSSR count). The number of nitrogens with zero attached hydrogens (tertiary/aromatic N) is 1. The number of carboxylic acids is 2. The van der Waals surface area contributed by atoms with Crippen molar-refractivity contribution in [2.24, 2.45) is 11.8 Å². The summed E-state index contributed by atoms with van der Waals surface area (Å²) in [5.74, 6) is -5.66. The summed E-state index contributed by atoms with van der Waals surface area (Å²) < 4.78 is 31.4. The number of aliphatic carboxylic acids is 1. The van der Waals surface area contributed by atoms with Crippen LogP contribution < -0.4 is 80.0 Å². The van der Waals surface area contributed by atoms with Gasteiger partial charge in [0.25, 0.3) is 0 Å². The quantitative estimate of drug-likeness (QED) is 0.233. The van der Waals surface area contributed by atoms with E-state index in [1.807, 2.05) is 0 Å². The fourth-order valence-corrected chi connectivity index (χ4v) is 6.03. The van der Waals surface area contributed by atoms with Crippen LogP contribution in [0.1, 0.15) is 36.1 Å². The van der Waals surface area contributed by atoms with Crippen molar-refractivity contribution in [1.29, 1.82) is 0 Å². The van der Waals surface area contributed by atoms with Gasteiger partial charge in [-0.1, -0.05) is 19.0 Å². The first-order valence-electron chi connectivity index (χ1n) is 12.3. The predicted octanol–water partition coefficient (Wildman–Crippen LogP) is -7.72. The standard InChI is InChI=1S/C22H25N3O7S.2Na/c1-9-16-15(10(2)26)20(28)25(16)17(22(31)32)18(9)33-13-7-14(23-8-13)19(27)24-12-5-3-4-11(6-12)21(29)30;;/h3-6,9-10,13-16,23,26H,7-8H2,1-2H3,(H,24,27)(H,29,30)(H,31,32);;/q;2*+1/p-2/t9-,10-,13+,14+,15-,16-;;/m1../s1/i3D,4D,5D,6D;;. The van der Waals surface area contributed by atoms with Gasteiger partial charge in [-0.05, 0) is 31.0 Å². The van der Waals surface area contributed by atoms with Crippen LogP contribution in [0.4, 0.5) is 5.69 Å². The second-order valence-corrected chi connectivity index (χ2v) is 9.56. The molecule has 35 heavy (non-hydrogen) atoms. The van der Waals surface area contributed by atoms with E-state index >= 15 is 0 Å². The Labute approximate surface area is 256 Å². The molecule has 0 aromatic heterocycles.